The number of carboxylic acids is 1. The van der Waals surface area contributed by atoms with Crippen molar-refractivity contribution in [2.75, 3.05) is 13.1 Å². The SMILES string of the molecule is C=C(CC(C)(C)CNCC)C(=O)O. The van der Waals surface area contributed by atoms with Gasteiger partial charge in [-0.3, -0.25) is 0 Å². The number of rotatable bonds is 6. The third kappa shape index (κ3) is 5.42. The lowest BCUT2D eigenvalue weighted by molar-refractivity contribution is -0.133. The molecule has 0 aromatic carbocycles. The van der Waals surface area contributed by atoms with Crippen molar-refractivity contribution in [3.63, 3.8) is 0 Å². The summed E-state index contributed by atoms with van der Waals surface area (Å²) in [5.74, 6) is -0.899. The fourth-order valence-electron chi connectivity index (χ4n) is 1.18. The van der Waals surface area contributed by atoms with Crippen LogP contribution in [-0.2, 0) is 4.79 Å². The summed E-state index contributed by atoms with van der Waals surface area (Å²) in [7, 11) is 0. The molecule has 0 aromatic rings. The van der Waals surface area contributed by atoms with Gasteiger partial charge in [0.1, 0.15) is 0 Å². The van der Waals surface area contributed by atoms with Gasteiger partial charge in [-0.15, -0.1) is 0 Å². The van der Waals surface area contributed by atoms with Crippen LogP contribution in [0.5, 0.6) is 0 Å². The van der Waals surface area contributed by atoms with Crippen molar-refractivity contribution in [2.45, 2.75) is 27.2 Å². The number of nitrogens with one attached hydrogen (secondary N) is 1. The van der Waals surface area contributed by atoms with Crippen molar-refractivity contribution < 1.29 is 9.90 Å². The van der Waals surface area contributed by atoms with E-state index in [1.807, 2.05) is 20.8 Å². The average Bonchev–Trinajstić information content (AvgIpc) is 2.00. The molecule has 76 valence electrons. The van der Waals surface area contributed by atoms with Crippen molar-refractivity contribution >= 4 is 5.97 Å². The van der Waals surface area contributed by atoms with E-state index < -0.39 is 5.97 Å². The molecule has 0 aromatic heterocycles. The first-order valence-electron chi connectivity index (χ1n) is 4.51. The Hall–Kier alpha value is -0.830. The second kappa shape index (κ2) is 5.02. The van der Waals surface area contributed by atoms with Crippen LogP contribution in [0.1, 0.15) is 27.2 Å². The van der Waals surface area contributed by atoms with Gasteiger partial charge in [-0.2, -0.15) is 0 Å². The molecular formula is C10H19NO2. The summed E-state index contributed by atoms with van der Waals surface area (Å²) in [5, 5.41) is 11.8. The molecule has 0 amide bonds. The quantitative estimate of drug-likeness (QED) is 0.619. The largest absolute Gasteiger partial charge is 0.478 e. The Kier molecular flexibility index (Phi) is 4.70. The molecule has 0 spiro atoms. The Labute approximate surface area is 79.8 Å². The molecule has 0 atom stereocenters. The lowest BCUT2D eigenvalue weighted by Gasteiger charge is -2.24. The molecule has 0 aliphatic carbocycles. The maximum absolute atomic E-state index is 10.5. The minimum atomic E-state index is -0.899. The van der Waals surface area contributed by atoms with Gasteiger partial charge in [0.15, 0.2) is 0 Å². The Morgan fingerprint density at radius 2 is 2.08 bits per heavy atom. The smallest absolute Gasteiger partial charge is 0.330 e. The van der Waals surface area contributed by atoms with Crippen molar-refractivity contribution in [1.82, 2.24) is 5.32 Å². The first-order chi connectivity index (χ1) is 5.89. The molecule has 13 heavy (non-hydrogen) atoms. The molecule has 0 rings (SSSR count). The normalized spacial score (nSPS) is 11.3. The summed E-state index contributed by atoms with van der Waals surface area (Å²) in [4.78, 5) is 10.5. The van der Waals surface area contributed by atoms with Crippen LogP contribution in [0.3, 0.4) is 0 Å². The third-order valence-electron chi connectivity index (χ3n) is 1.85. The molecule has 0 heterocycles. The minimum Gasteiger partial charge on any atom is -0.478 e. The van der Waals surface area contributed by atoms with Crippen LogP contribution in [-0.4, -0.2) is 24.2 Å². The summed E-state index contributed by atoms with van der Waals surface area (Å²) in [6, 6.07) is 0. The van der Waals surface area contributed by atoms with Crippen LogP contribution >= 0.6 is 0 Å². The van der Waals surface area contributed by atoms with E-state index >= 15 is 0 Å². The van der Waals surface area contributed by atoms with Crippen molar-refractivity contribution in [3.8, 4) is 0 Å². The highest BCUT2D eigenvalue weighted by atomic mass is 16.4. The van der Waals surface area contributed by atoms with Crippen LogP contribution in [0.15, 0.2) is 12.2 Å². The van der Waals surface area contributed by atoms with E-state index in [9.17, 15) is 4.79 Å². The maximum Gasteiger partial charge on any atom is 0.330 e. The van der Waals surface area contributed by atoms with Crippen LogP contribution < -0.4 is 5.32 Å². The monoisotopic (exact) mass is 185 g/mol. The molecule has 0 saturated heterocycles. The fraction of sp³-hybridized carbons (Fsp3) is 0.700. The van der Waals surface area contributed by atoms with Crippen LogP contribution in [0.2, 0.25) is 0 Å². The van der Waals surface area contributed by atoms with E-state index in [-0.39, 0.29) is 11.0 Å². The molecule has 2 N–H and O–H groups in total. The molecule has 0 fully saturated rings. The topological polar surface area (TPSA) is 49.3 Å². The molecule has 0 aliphatic rings. The third-order valence-corrected chi connectivity index (χ3v) is 1.85. The number of carbonyl (C=O) groups is 1. The standard InChI is InChI=1S/C10H19NO2/c1-5-11-7-10(3,4)6-8(2)9(12)13/h11H,2,5-7H2,1,3-4H3,(H,12,13). The van der Waals surface area contributed by atoms with E-state index in [4.69, 9.17) is 5.11 Å². The van der Waals surface area contributed by atoms with Crippen molar-refractivity contribution in [3.05, 3.63) is 12.2 Å². The minimum absolute atomic E-state index is 0.0362. The van der Waals surface area contributed by atoms with E-state index in [1.54, 1.807) is 0 Å². The number of aliphatic carboxylic acids is 1. The maximum atomic E-state index is 10.5. The average molecular weight is 185 g/mol. The van der Waals surface area contributed by atoms with Crippen molar-refractivity contribution in [2.24, 2.45) is 5.41 Å². The number of hydrogen-bond donors (Lipinski definition) is 2. The highest BCUT2D eigenvalue weighted by Crippen LogP contribution is 2.23. The molecule has 0 aliphatic heterocycles. The first-order valence-corrected chi connectivity index (χ1v) is 4.51. The van der Waals surface area contributed by atoms with E-state index in [0.717, 1.165) is 13.1 Å². The second-order valence-electron chi connectivity index (χ2n) is 4.03. The number of hydrogen-bond acceptors (Lipinski definition) is 2. The van der Waals surface area contributed by atoms with Gasteiger partial charge < -0.3 is 10.4 Å². The highest BCUT2D eigenvalue weighted by molar-refractivity contribution is 5.85. The number of carboxylic acid groups (broad SMARTS) is 1. The van der Waals surface area contributed by atoms with Gasteiger partial charge in [0, 0.05) is 12.1 Å². The molecule has 0 radical (unpaired) electrons. The van der Waals surface area contributed by atoms with E-state index in [2.05, 4.69) is 11.9 Å². The molecule has 0 saturated carbocycles. The Morgan fingerprint density at radius 3 is 2.46 bits per heavy atom. The van der Waals surface area contributed by atoms with Crippen molar-refractivity contribution in [1.29, 1.82) is 0 Å². The van der Waals surface area contributed by atoms with Crippen LogP contribution in [0, 0.1) is 5.41 Å². The molecular weight excluding hydrogens is 166 g/mol. The molecule has 0 bridgehead atoms. The molecule has 3 nitrogen and oxygen atoms in total. The predicted octanol–water partition coefficient (Wildman–Crippen LogP) is 1.65. The summed E-state index contributed by atoms with van der Waals surface area (Å²) in [6.07, 6.45) is 0.523. The lowest BCUT2D eigenvalue weighted by Crippen LogP contribution is -2.30. The van der Waals surface area contributed by atoms with Crippen LogP contribution in [0.25, 0.3) is 0 Å². The van der Waals surface area contributed by atoms with Gasteiger partial charge in [-0.05, 0) is 18.4 Å². The predicted molar refractivity (Wildman–Crippen MR) is 53.7 cm³/mol. The zero-order valence-electron chi connectivity index (χ0n) is 8.68. The Morgan fingerprint density at radius 1 is 1.54 bits per heavy atom. The van der Waals surface area contributed by atoms with Gasteiger partial charge >= 0.3 is 5.97 Å². The summed E-state index contributed by atoms with van der Waals surface area (Å²) in [5.41, 5.74) is 0.244. The Bertz CT molecular complexity index is 197. The fourth-order valence-corrected chi connectivity index (χ4v) is 1.18. The lowest BCUT2D eigenvalue weighted by atomic mass is 9.86. The van der Waals surface area contributed by atoms with Gasteiger partial charge in [-0.1, -0.05) is 27.4 Å². The van der Waals surface area contributed by atoms with Crippen LogP contribution in [0.4, 0.5) is 0 Å². The van der Waals surface area contributed by atoms with E-state index in [0.29, 0.717) is 6.42 Å². The molecule has 3 heteroatoms. The second-order valence-corrected chi connectivity index (χ2v) is 4.03. The van der Waals surface area contributed by atoms with Gasteiger partial charge in [0.05, 0.1) is 0 Å². The first kappa shape index (κ1) is 12.2. The van der Waals surface area contributed by atoms with E-state index in [1.165, 1.54) is 0 Å². The molecule has 0 unspecified atom stereocenters. The summed E-state index contributed by atoms with van der Waals surface area (Å²) < 4.78 is 0. The summed E-state index contributed by atoms with van der Waals surface area (Å²) in [6.45, 7) is 11.3. The highest BCUT2D eigenvalue weighted by Gasteiger charge is 2.20. The van der Waals surface area contributed by atoms with Gasteiger partial charge in [0.2, 0.25) is 0 Å². The zero-order chi connectivity index (χ0) is 10.5. The van der Waals surface area contributed by atoms with Gasteiger partial charge in [-0.25, -0.2) is 4.79 Å². The Balaban J connectivity index is 4.00. The summed E-state index contributed by atoms with van der Waals surface area (Å²) >= 11 is 0. The van der Waals surface area contributed by atoms with Gasteiger partial charge in [0.25, 0.3) is 0 Å². The zero-order valence-corrected chi connectivity index (χ0v) is 8.68.